The minimum absolute atomic E-state index is 0.0481. The molecule has 0 bridgehead atoms. The number of aromatic nitrogens is 2. The van der Waals surface area contributed by atoms with Crippen molar-refractivity contribution in [3.8, 4) is 5.75 Å². The fourth-order valence-electron chi connectivity index (χ4n) is 4.07. The van der Waals surface area contributed by atoms with Crippen molar-refractivity contribution in [3.05, 3.63) is 119 Å². The number of nitrogens with zero attached hydrogens (tertiary/aromatic N) is 3. The van der Waals surface area contributed by atoms with Gasteiger partial charge in [0.25, 0.3) is 5.91 Å². The first-order valence-electron chi connectivity index (χ1n) is 11.8. The van der Waals surface area contributed by atoms with Crippen molar-refractivity contribution in [2.45, 2.75) is 16.1 Å². The first kappa shape index (κ1) is 26.3. The van der Waals surface area contributed by atoms with Crippen LogP contribution in [0.4, 0.5) is 9.52 Å². The lowest BCUT2D eigenvalue weighted by Crippen LogP contribution is -2.30. The maximum Gasteiger partial charge on any atom is 0.296 e. The number of carbonyl (C=O) groups excluding carboxylic acids is 2. The van der Waals surface area contributed by atoms with E-state index in [0.717, 1.165) is 11.1 Å². The van der Waals surface area contributed by atoms with Gasteiger partial charge in [0.05, 0.1) is 18.7 Å². The second kappa shape index (κ2) is 11.6. The van der Waals surface area contributed by atoms with Crippen LogP contribution in [0.3, 0.4) is 0 Å². The number of amides is 1. The molecule has 1 atom stereocenters. The Morgan fingerprint density at radius 2 is 1.79 bits per heavy atom. The van der Waals surface area contributed by atoms with E-state index in [2.05, 4.69) is 10.2 Å². The summed E-state index contributed by atoms with van der Waals surface area (Å²) >= 11 is 2.56. The number of thioether (sulfide) groups is 1. The maximum atomic E-state index is 13.4. The van der Waals surface area contributed by atoms with E-state index in [1.54, 1.807) is 49.6 Å². The fraction of sp³-hybridized carbons (Fsp3) is 0.103. The number of benzene rings is 3. The molecule has 1 aliphatic heterocycles. The summed E-state index contributed by atoms with van der Waals surface area (Å²) in [7, 11) is 1.54. The number of hydrogen-bond acceptors (Lipinski definition) is 8. The van der Waals surface area contributed by atoms with Crippen LogP contribution < -0.4 is 9.64 Å². The summed E-state index contributed by atoms with van der Waals surface area (Å²) in [5.74, 6) is -1.04. The molecule has 1 unspecified atom stereocenters. The second-order valence-electron chi connectivity index (χ2n) is 8.49. The molecule has 1 aromatic heterocycles. The van der Waals surface area contributed by atoms with Gasteiger partial charge >= 0.3 is 0 Å². The molecule has 0 saturated carbocycles. The SMILES string of the molecule is COc1ccc(C2C(C(=O)/C=C/c3ccccc3)=C(O)C(=O)N2c2nnc(SCc3ccc(F)cc3)s2)cc1. The average Bonchev–Trinajstić information content (AvgIpc) is 3.54. The molecule has 10 heteroatoms. The van der Waals surface area contributed by atoms with Crippen molar-refractivity contribution in [2.75, 3.05) is 12.0 Å². The summed E-state index contributed by atoms with van der Waals surface area (Å²) < 4.78 is 19.1. The molecule has 7 nitrogen and oxygen atoms in total. The Bertz CT molecular complexity index is 1550. The molecule has 39 heavy (non-hydrogen) atoms. The molecule has 1 N–H and O–H groups in total. The molecule has 4 aromatic rings. The number of ether oxygens (including phenoxy) is 1. The van der Waals surface area contributed by atoms with Gasteiger partial charge in [0.2, 0.25) is 5.13 Å². The van der Waals surface area contributed by atoms with Crippen LogP contribution in [-0.4, -0.2) is 34.1 Å². The van der Waals surface area contributed by atoms with Crippen LogP contribution in [0.15, 0.2) is 101 Å². The van der Waals surface area contributed by atoms with Crippen LogP contribution >= 0.6 is 23.1 Å². The Balaban J connectivity index is 1.45. The highest BCUT2D eigenvalue weighted by atomic mass is 32.2. The minimum atomic E-state index is -0.917. The van der Waals surface area contributed by atoms with Crippen molar-refractivity contribution in [2.24, 2.45) is 0 Å². The number of ketones is 1. The lowest BCUT2D eigenvalue weighted by atomic mass is 9.95. The van der Waals surface area contributed by atoms with E-state index in [-0.39, 0.29) is 16.5 Å². The number of aliphatic hydroxyl groups is 1. The van der Waals surface area contributed by atoms with E-state index < -0.39 is 23.5 Å². The number of anilines is 1. The summed E-state index contributed by atoms with van der Waals surface area (Å²) in [6.45, 7) is 0. The summed E-state index contributed by atoms with van der Waals surface area (Å²) in [5, 5.41) is 19.5. The number of aliphatic hydroxyl groups excluding tert-OH is 1. The normalized spacial score (nSPS) is 15.4. The van der Waals surface area contributed by atoms with Crippen molar-refractivity contribution < 1.29 is 23.8 Å². The average molecular weight is 560 g/mol. The first-order chi connectivity index (χ1) is 18.9. The Morgan fingerprint density at radius 1 is 1.08 bits per heavy atom. The highest BCUT2D eigenvalue weighted by Gasteiger charge is 2.45. The van der Waals surface area contributed by atoms with Gasteiger partial charge in [0, 0.05) is 5.75 Å². The molecule has 3 aromatic carbocycles. The largest absolute Gasteiger partial charge is 0.503 e. The van der Waals surface area contributed by atoms with E-state index >= 15 is 0 Å². The van der Waals surface area contributed by atoms with Gasteiger partial charge in [-0.1, -0.05) is 83.8 Å². The number of halogens is 1. The zero-order chi connectivity index (χ0) is 27.4. The highest BCUT2D eigenvalue weighted by Crippen LogP contribution is 2.43. The Hall–Kier alpha value is -4.28. The molecule has 0 aliphatic carbocycles. The summed E-state index contributed by atoms with van der Waals surface area (Å²) in [6.07, 6.45) is 2.98. The van der Waals surface area contributed by atoms with Crippen LogP contribution in [0.5, 0.6) is 5.75 Å². The zero-order valence-electron chi connectivity index (χ0n) is 20.7. The Kier molecular flexibility index (Phi) is 7.85. The number of hydrogen-bond donors (Lipinski definition) is 1. The molecule has 0 spiro atoms. The lowest BCUT2D eigenvalue weighted by molar-refractivity contribution is -0.117. The van der Waals surface area contributed by atoms with Crippen molar-refractivity contribution in [3.63, 3.8) is 0 Å². The van der Waals surface area contributed by atoms with Crippen LogP contribution in [0.1, 0.15) is 22.7 Å². The third kappa shape index (κ3) is 5.76. The van der Waals surface area contributed by atoms with Crippen LogP contribution in [0, 0.1) is 5.82 Å². The third-order valence-electron chi connectivity index (χ3n) is 6.01. The van der Waals surface area contributed by atoms with E-state index in [0.29, 0.717) is 21.4 Å². The molecule has 2 heterocycles. The van der Waals surface area contributed by atoms with Gasteiger partial charge in [-0.25, -0.2) is 4.39 Å². The number of carbonyl (C=O) groups is 2. The molecule has 196 valence electrons. The van der Waals surface area contributed by atoms with Crippen LogP contribution in [-0.2, 0) is 15.3 Å². The van der Waals surface area contributed by atoms with Gasteiger partial charge in [-0.3, -0.25) is 14.5 Å². The molecule has 0 radical (unpaired) electrons. The Labute approximate surface area is 232 Å². The molecule has 0 fully saturated rings. The van der Waals surface area contributed by atoms with Crippen molar-refractivity contribution >= 4 is 46.0 Å². The molecule has 1 aliphatic rings. The zero-order valence-corrected chi connectivity index (χ0v) is 22.3. The third-order valence-corrected chi connectivity index (χ3v) is 8.14. The van der Waals surface area contributed by atoms with E-state index in [1.165, 1.54) is 46.2 Å². The van der Waals surface area contributed by atoms with Crippen LogP contribution in [0.2, 0.25) is 0 Å². The number of rotatable bonds is 9. The topological polar surface area (TPSA) is 92.6 Å². The van der Waals surface area contributed by atoms with Gasteiger partial charge in [-0.15, -0.1) is 10.2 Å². The number of allylic oxidation sites excluding steroid dienone is 1. The monoisotopic (exact) mass is 559 g/mol. The molecular weight excluding hydrogens is 537 g/mol. The first-order valence-corrected chi connectivity index (χ1v) is 13.6. The summed E-state index contributed by atoms with van der Waals surface area (Å²) in [4.78, 5) is 28.0. The quantitative estimate of drug-likeness (QED) is 0.149. The predicted octanol–water partition coefficient (Wildman–Crippen LogP) is 6.16. The smallest absolute Gasteiger partial charge is 0.296 e. The fourth-order valence-corrected chi connectivity index (χ4v) is 5.89. The summed E-state index contributed by atoms with van der Waals surface area (Å²) in [6, 6.07) is 21.4. The van der Waals surface area contributed by atoms with Gasteiger partial charge in [0.1, 0.15) is 11.6 Å². The molecule has 5 rings (SSSR count). The predicted molar refractivity (Wildman–Crippen MR) is 149 cm³/mol. The van der Waals surface area contributed by atoms with Crippen LogP contribution in [0.25, 0.3) is 6.08 Å². The van der Waals surface area contributed by atoms with Crippen molar-refractivity contribution in [1.29, 1.82) is 0 Å². The van der Waals surface area contributed by atoms with E-state index in [1.807, 2.05) is 30.3 Å². The minimum Gasteiger partial charge on any atom is -0.503 e. The lowest BCUT2D eigenvalue weighted by Gasteiger charge is -2.23. The Morgan fingerprint density at radius 3 is 2.49 bits per heavy atom. The number of methoxy groups -OCH3 is 1. The summed E-state index contributed by atoms with van der Waals surface area (Å²) in [5.41, 5.74) is 2.26. The van der Waals surface area contributed by atoms with Gasteiger partial charge in [-0.05, 0) is 47.0 Å². The van der Waals surface area contributed by atoms with Gasteiger partial charge in [0.15, 0.2) is 15.9 Å². The highest BCUT2D eigenvalue weighted by molar-refractivity contribution is 8.00. The van der Waals surface area contributed by atoms with Crippen molar-refractivity contribution in [1.82, 2.24) is 10.2 Å². The van der Waals surface area contributed by atoms with E-state index in [9.17, 15) is 19.1 Å². The standard InChI is InChI=1S/C29H22FN3O4S2/c1-37-22-14-10-20(11-15-22)25-24(23(34)16-9-18-5-3-2-4-6-18)26(35)27(36)33(25)28-31-32-29(39-28)38-17-19-7-12-21(30)13-8-19/h2-16,25,35H,17H2,1H3/b16-9+. The molecular formula is C29H22FN3O4S2. The van der Waals surface area contributed by atoms with E-state index in [4.69, 9.17) is 4.74 Å². The van der Waals surface area contributed by atoms with Gasteiger partial charge in [-0.2, -0.15) is 0 Å². The second-order valence-corrected chi connectivity index (χ2v) is 10.7. The maximum absolute atomic E-state index is 13.4. The molecule has 1 amide bonds. The molecule has 0 saturated heterocycles. The van der Waals surface area contributed by atoms with Gasteiger partial charge < -0.3 is 9.84 Å².